The van der Waals surface area contributed by atoms with Crippen molar-refractivity contribution in [3.8, 4) is 16.5 Å². The minimum absolute atomic E-state index is 0.148. The van der Waals surface area contributed by atoms with Crippen molar-refractivity contribution in [3.05, 3.63) is 53.3 Å². The average molecular weight is 354 g/mol. The number of hydrogen-bond acceptors (Lipinski definition) is 4. The molecule has 2 N–H and O–H groups in total. The maximum absolute atomic E-state index is 12.0. The first kappa shape index (κ1) is 18.8. The molecule has 1 aromatic heterocycles. The van der Waals surface area contributed by atoms with Crippen LogP contribution in [-0.2, 0) is 10.2 Å². The van der Waals surface area contributed by atoms with Gasteiger partial charge in [0.2, 0.25) is 0 Å². The van der Waals surface area contributed by atoms with Gasteiger partial charge in [0.15, 0.2) is 5.57 Å². The van der Waals surface area contributed by atoms with Gasteiger partial charge in [0.1, 0.15) is 11.8 Å². The van der Waals surface area contributed by atoms with Crippen molar-refractivity contribution < 1.29 is 9.90 Å². The number of aliphatic hydroxyl groups excluding tert-OH is 1. The van der Waals surface area contributed by atoms with Crippen LogP contribution in [0.1, 0.15) is 39.7 Å². The molecule has 0 bridgehead atoms. The van der Waals surface area contributed by atoms with Crippen molar-refractivity contribution >= 4 is 22.2 Å². The number of carbonyl (C=O) groups excluding carboxylic acids is 1. The molecule has 1 heterocycles. The van der Waals surface area contributed by atoms with Crippen LogP contribution in [0.5, 0.6) is 0 Å². The van der Waals surface area contributed by atoms with Crippen LogP contribution >= 0.6 is 11.3 Å². The van der Waals surface area contributed by atoms with Gasteiger partial charge in [-0.15, -0.1) is 11.3 Å². The van der Waals surface area contributed by atoms with Crippen molar-refractivity contribution in [2.75, 3.05) is 5.32 Å². The zero-order chi connectivity index (χ0) is 18.6. The summed E-state index contributed by atoms with van der Waals surface area (Å²) in [6.07, 6.45) is 1.07. The van der Waals surface area contributed by atoms with E-state index in [0.717, 1.165) is 16.9 Å². The van der Waals surface area contributed by atoms with E-state index in [-0.39, 0.29) is 16.7 Å². The predicted octanol–water partition coefficient (Wildman–Crippen LogP) is 5.40. The molecule has 0 radical (unpaired) electrons. The first-order chi connectivity index (χ1) is 11.8. The summed E-state index contributed by atoms with van der Waals surface area (Å²) in [5.74, 6) is -0.887. The van der Waals surface area contributed by atoms with Gasteiger partial charge < -0.3 is 10.4 Å². The van der Waals surface area contributed by atoms with Gasteiger partial charge >= 0.3 is 0 Å². The molecule has 5 heteroatoms. The maximum atomic E-state index is 12.0. The second-order valence-electron chi connectivity index (χ2n) is 6.51. The van der Waals surface area contributed by atoms with Crippen LogP contribution < -0.4 is 5.32 Å². The summed E-state index contributed by atoms with van der Waals surface area (Å²) < 4.78 is 0. The Morgan fingerprint density at radius 2 is 1.88 bits per heavy atom. The number of amides is 1. The summed E-state index contributed by atoms with van der Waals surface area (Å²) in [7, 11) is 0. The number of anilines is 1. The van der Waals surface area contributed by atoms with E-state index in [9.17, 15) is 9.90 Å². The molecule has 130 valence electrons. The van der Waals surface area contributed by atoms with Crippen LogP contribution in [-0.4, -0.2) is 11.0 Å². The molecule has 0 spiro atoms. The number of thiophene rings is 1. The van der Waals surface area contributed by atoms with Gasteiger partial charge in [0, 0.05) is 4.88 Å². The summed E-state index contributed by atoms with van der Waals surface area (Å²) in [5.41, 5.74) is 2.25. The molecule has 0 atom stereocenters. The molecule has 25 heavy (non-hydrogen) atoms. The molecule has 0 aliphatic rings. The van der Waals surface area contributed by atoms with Crippen molar-refractivity contribution in [1.29, 1.82) is 5.26 Å². The molecule has 0 saturated heterocycles. The lowest BCUT2D eigenvalue weighted by molar-refractivity contribution is -0.112. The fourth-order valence-corrected chi connectivity index (χ4v) is 3.23. The van der Waals surface area contributed by atoms with Gasteiger partial charge in [-0.3, -0.25) is 4.79 Å². The Morgan fingerprint density at radius 3 is 2.40 bits per heavy atom. The molecular weight excluding hydrogens is 332 g/mol. The van der Waals surface area contributed by atoms with Crippen LogP contribution in [0, 0.1) is 11.3 Å². The number of nitrogens with zero attached hydrogens (tertiary/aromatic N) is 1. The van der Waals surface area contributed by atoms with E-state index in [1.54, 1.807) is 12.1 Å². The van der Waals surface area contributed by atoms with Crippen molar-refractivity contribution in [2.24, 2.45) is 0 Å². The van der Waals surface area contributed by atoms with Gasteiger partial charge in [0.25, 0.3) is 5.91 Å². The highest BCUT2D eigenvalue weighted by atomic mass is 32.1. The minimum Gasteiger partial charge on any atom is -0.511 e. The monoisotopic (exact) mass is 354 g/mol. The average Bonchev–Trinajstić information content (AvgIpc) is 3.03. The maximum Gasteiger partial charge on any atom is 0.270 e. The first-order valence-corrected chi connectivity index (χ1v) is 8.92. The van der Waals surface area contributed by atoms with Gasteiger partial charge in [-0.25, -0.2) is 0 Å². The third kappa shape index (κ3) is 4.28. The largest absolute Gasteiger partial charge is 0.511 e. The van der Waals surface area contributed by atoms with Crippen molar-refractivity contribution in [3.63, 3.8) is 0 Å². The molecule has 2 rings (SSSR count). The molecule has 0 saturated carbocycles. The Morgan fingerprint density at radius 1 is 1.24 bits per heavy atom. The van der Waals surface area contributed by atoms with Crippen LogP contribution in [0.15, 0.2) is 47.7 Å². The normalized spacial score (nSPS) is 12.3. The van der Waals surface area contributed by atoms with Gasteiger partial charge in [0.05, 0.1) is 5.00 Å². The van der Waals surface area contributed by atoms with Crippen LogP contribution in [0.2, 0.25) is 0 Å². The molecule has 1 aromatic carbocycles. The Labute approximate surface area is 152 Å². The van der Waals surface area contributed by atoms with Gasteiger partial charge in [-0.05, 0) is 42.0 Å². The number of benzene rings is 1. The topological polar surface area (TPSA) is 73.1 Å². The number of carbonyl (C=O) groups is 1. The fraction of sp³-hybridized carbons (Fsp3) is 0.300. The van der Waals surface area contributed by atoms with Crippen molar-refractivity contribution in [2.45, 2.75) is 39.5 Å². The number of nitrogens with one attached hydrogen (secondary N) is 1. The molecule has 2 aromatic rings. The molecule has 0 unspecified atom stereocenters. The highest BCUT2D eigenvalue weighted by molar-refractivity contribution is 7.19. The van der Waals surface area contributed by atoms with E-state index in [0.29, 0.717) is 5.00 Å². The number of rotatable bonds is 5. The first-order valence-electron chi connectivity index (χ1n) is 8.10. The second-order valence-corrected chi connectivity index (χ2v) is 7.59. The van der Waals surface area contributed by atoms with E-state index in [1.807, 2.05) is 6.07 Å². The molecule has 0 aliphatic heterocycles. The Kier molecular flexibility index (Phi) is 5.66. The zero-order valence-corrected chi connectivity index (χ0v) is 15.7. The number of aliphatic hydroxyl groups is 1. The highest BCUT2D eigenvalue weighted by Crippen LogP contribution is 2.34. The molecule has 0 fully saturated rings. The standard InChI is InChI=1S/C20H22N2O2S/c1-5-20(3,4)15-8-6-14(7-9-15)17-10-11-18(25-17)22-19(24)16(12-21)13(2)23/h6-11,23H,5H2,1-4H3,(H,22,24). The van der Waals surface area contributed by atoms with Gasteiger partial charge in [-0.1, -0.05) is 45.0 Å². The molecule has 0 aliphatic carbocycles. The Bertz CT molecular complexity index is 835. The van der Waals surface area contributed by atoms with E-state index in [2.05, 4.69) is 50.4 Å². The van der Waals surface area contributed by atoms with E-state index in [4.69, 9.17) is 5.26 Å². The van der Waals surface area contributed by atoms with E-state index < -0.39 is 5.91 Å². The molecule has 4 nitrogen and oxygen atoms in total. The van der Waals surface area contributed by atoms with Gasteiger partial charge in [-0.2, -0.15) is 5.26 Å². The number of allylic oxidation sites excluding steroid dienone is 1. The third-order valence-corrected chi connectivity index (χ3v) is 5.43. The Hall–Kier alpha value is -2.58. The summed E-state index contributed by atoms with van der Waals surface area (Å²) in [6.45, 7) is 7.95. The second kappa shape index (κ2) is 7.54. The molecule has 1 amide bonds. The minimum atomic E-state index is -0.601. The summed E-state index contributed by atoms with van der Waals surface area (Å²) in [6, 6.07) is 13.9. The summed E-state index contributed by atoms with van der Waals surface area (Å²) >= 11 is 1.43. The van der Waals surface area contributed by atoms with E-state index >= 15 is 0 Å². The van der Waals surface area contributed by atoms with Crippen LogP contribution in [0.3, 0.4) is 0 Å². The smallest absolute Gasteiger partial charge is 0.270 e. The highest BCUT2D eigenvalue weighted by Gasteiger charge is 2.18. The Balaban J connectivity index is 2.18. The number of hydrogen-bond donors (Lipinski definition) is 2. The quantitative estimate of drug-likeness (QED) is 0.429. The van der Waals surface area contributed by atoms with Crippen LogP contribution in [0.4, 0.5) is 5.00 Å². The lowest BCUT2D eigenvalue weighted by Crippen LogP contribution is -2.14. The molecular formula is C20H22N2O2S. The fourth-order valence-electron chi connectivity index (χ4n) is 2.32. The lowest BCUT2D eigenvalue weighted by atomic mass is 9.82. The lowest BCUT2D eigenvalue weighted by Gasteiger charge is -2.23. The SMILES string of the molecule is CCC(C)(C)c1ccc(-c2ccc(NC(=O)C(C#N)=C(C)O)s2)cc1. The summed E-state index contributed by atoms with van der Waals surface area (Å²) in [4.78, 5) is 13.0. The third-order valence-electron chi connectivity index (χ3n) is 4.38. The van der Waals surface area contributed by atoms with E-state index in [1.165, 1.54) is 23.8 Å². The zero-order valence-electron chi connectivity index (χ0n) is 14.9. The predicted molar refractivity (Wildman–Crippen MR) is 103 cm³/mol. The van der Waals surface area contributed by atoms with Crippen molar-refractivity contribution in [1.82, 2.24) is 0 Å². The number of nitriles is 1. The summed E-state index contributed by atoms with van der Waals surface area (Å²) in [5, 5.41) is 21.6. The van der Waals surface area contributed by atoms with Crippen LogP contribution in [0.25, 0.3) is 10.4 Å².